The van der Waals surface area contributed by atoms with Crippen LogP contribution >= 0.6 is 0 Å². The lowest BCUT2D eigenvalue weighted by atomic mass is 9.98. The van der Waals surface area contributed by atoms with Crippen molar-refractivity contribution in [2.45, 2.75) is 25.6 Å². The lowest BCUT2D eigenvalue weighted by Crippen LogP contribution is -2.35. The third kappa shape index (κ3) is 4.53. The van der Waals surface area contributed by atoms with Gasteiger partial charge in [0.1, 0.15) is 0 Å². The van der Waals surface area contributed by atoms with Gasteiger partial charge in [0, 0.05) is 18.8 Å². The number of sulfonamides is 1. The summed E-state index contributed by atoms with van der Waals surface area (Å²) in [6.07, 6.45) is -3.38. The number of hydrogen-bond acceptors (Lipinski definition) is 3. The lowest BCUT2D eigenvalue weighted by molar-refractivity contribution is -0.138. The first-order valence-corrected chi connectivity index (χ1v) is 10.4. The Bertz CT molecular complexity index is 1000. The summed E-state index contributed by atoms with van der Waals surface area (Å²) in [4.78, 5) is 12.4. The number of nitrogens with zero attached hydrogens (tertiary/aromatic N) is 1. The van der Waals surface area contributed by atoms with E-state index >= 15 is 0 Å². The summed E-state index contributed by atoms with van der Waals surface area (Å²) in [5.41, 5.74) is 1.15. The number of nitrogens with one attached hydrogen (secondary N) is 1. The molecule has 1 amide bonds. The Morgan fingerprint density at radius 1 is 1.14 bits per heavy atom. The second-order valence-electron chi connectivity index (χ2n) is 6.67. The van der Waals surface area contributed by atoms with Crippen molar-refractivity contribution in [1.29, 1.82) is 0 Å². The average Bonchev–Trinajstić information content (AvgIpc) is 2.60. The largest absolute Gasteiger partial charge is 0.416 e. The zero-order valence-electron chi connectivity index (χ0n) is 15.1. The van der Waals surface area contributed by atoms with Gasteiger partial charge in [-0.05, 0) is 35.2 Å². The highest BCUT2D eigenvalue weighted by atomic mass is 32.2. The van der Waals surface area contributed by atoms with Crippen molar-refractivity contribution in [3.05, 3.63) is 64.7 Å². The smallest absolute Gasteiger partial charge is 0.326 e. The summed E-state index contributed by atoms with van der Waals surface area (Å²) >= 11 is 0. The van der Waals surface area contributed by atoms with Crippen molar-refractivity contribution in [1.82, 2.24) is 4.31 Å². The Balaban J connectivity index is 1.79. The highest BCUT2D eigenvalue weighted by Gasteiger charge is 2.33. The highest BCUT2D eigenvalue weighted by molar-refractivity contribution is 7.88. The molecule has 0 saturated carbocycles. The number of carbonyl (C=O) groups excluding carboxylic acids is 1. The Labute approximate surface area is 161 Å². The van der Waals surface area contributed by atoms with Gasteiger partial charge in [-0.3, -0.25) is 4.79 Å². The van der Waals surface area contributed by atoms with E-state index in [0.717, 1.165) is 23.4 Å². The number of amides is 1. The molecule has 0 aromatic heterocycles. The summed E-state index contributed by atoms with van der Waals surface area (Å²) < 4.78 is 64.1. The molecule has 2 aromatic rings. The van der Waals surface area contributed by atoms with Gasteiger partial charge in [-0.25, -0.2) is 8.42 Å². The minimum Gasteiger partial charge on any atom is -0.326 e. The minimum atomic E-state index is -4.53. The fourth-order valence-electron chi connectivity index (χ4n) is 3.30. The van der Waals surface area contributed by atoms with Crippen LogP contribution in [0.5, 0.6) is 0 Å². The van der Waals surface area contributed by atoms with Crippen molar-refractivity contribution in [3.8, 4) is 0 Å². The van der Waals surface area contributed by atoms with E-state index in [2.05, 4.69) is 5.32 Å². The van der Waals surface area contributed by atoms with Gasteiger partial charge >= 0.3 is 6.18 Å². The fraction of sp³-hybridized carbons (Fsp3) is 0.316. The first-order chi connectivity index (χ1) is 13.1. The predicted octanol–water partition coefficient (Wildman–Crippen LogP) is 3.20. The summed E-state index contributed by atoms with van der Waals surface area (Å²) in [5, 5.41) is 2.68. The number of benzene rings is 2. The van der Waals surface area contributed by atoms with Crippen molar-refractivity contribution in [2.75, 3.05) is 18.1 Å². The van der Waals surface area contributed by atoms with Crippen molar-refractivity contribution in [2.24, 2.45) is 0 Å². The van der Waals surface area contributed by atoms with E-state index in [1.807, 2.05) is 0 Å². The van der Waals surface area contributed by atoms with Gasteiger partial charge in [-0.1, -0.05) is 30.3 Å². The Kier molecular flexibility index (Phi) is 5.49. The molecular weight excluding hydrogens is 393 g/mol. The zero-order valence-corrected chi connectivity index (χ0v) is 15.9. The maximum Gasteiger partial charge on any atom is 0.416 e. The van der Waals surface area contributed by atoms with Gasteiger partial charge in [0.25, 0.3) is 0 Å². The predicted molar refractivity (Wildman–Crippen MR) is 99.2 cm³/mol. The number of hydrogen-bond donors (Lipinski definition) is 1. The van der Waals surface area contributed by atoms with Gasteiger partial charge < -0.3 is 5.32 Å². The van der Waals surface area contributed by atoms with Crippen LogP contribution in [0.1, 0.15) is 22.3 Å². The molecule has 0 radical (unpaired) electrons. The summed E-state index contributed by atoms with van der Waals surface area (Å²) in [6.45, 7) is 0.490. The van der Waals surface area contributed by atoms with Crippen LogP contribution < -0.4 is 5.32 Å². The second kappa shape index (κ2) is 7.56. The maximum atomic E-state index is 13.1. The molecule has 0 spiro atoms. The van der Waals surface area contributed by atoms with Crippen LogP contribution in [0.4, 0.5) is 18.9 Å². The van der Waals surface area contributed by atoms with E-state index in [0.29, 0.717) is 12.1 Å². The molecule has 1 aliphatic rings. The molecule has 1 N–H and O–H groups in total. The first kappa shape index (κ1) is 20.3. The molecule has 0 bridgehead atoms. The van der Waals surface area contributed by atoms with E-state index in [-0.39, 0.29) is 18.7 Å². The number of halogens is 3. The van der Waals surface area contributed by atoms with Crippen LogP contribution in [-0.4, -0.2) is 31.4 Å². The van der Waals surface area contributed by atoms with Crippen molar-refractivity contribution >= 4 is 21.6 Å². The molecule has 0 fully saturated rings. The Morgan fingerprint density at radius 2 is 1.86 bits per heavy atom. The molecule has 1 aliphatic heterocycles. The van der Waals surface area contributed by atoms with E-state index < -0.39 is 34.1 Å². The normalized spacial score (nSPS) is 15.1. The molecule has 2 aromatic carbocycles. The molecule has 28 heavy (non-hydrogen) atoms. The monoisotopic (exact) mass is 412 g/mol. The maximum absolute atomic E-state index is 13.1. The summed E-state index contributed by atoms with van der Waals surface area (Å²) in [7, 11) is -3.32. The van der Waals surface area contributed by atoms with Gasteiger partial charge in [0.15, 0.2) is 0 Å². The fourth-order valence-corrected chi connectivity index (χ4v) is 4.10. The second-order valence-corrected chi connectivity index (χ2v) is 8.65. The van der Waals surface area contributed by atoms with Gasteiger partial charge in [0.05, 0.1) is 18.2 Å². The van der Waals surface area contributed by atoms with Crippen LogP contribution in [0.3, 0.4) is 0 Å². The molecule has 9 heteroatoms. The molecule has 0 unspecified atom stereocenters. The third-order valence-corrected chi connectivity index (χ3v) is 5.90. The van der Waals surface area contributed by atoms with Crippen LogP contribution in [-0.2, 0) is 40.4 Å². The lowest BCUT2D eigenvalue weighted by Gasteiger charge is -2.28. The number of alkyl halides is 3. The Hall–Kier alpha value is -2.39. The van der Waals surface area contributed by atoms with Crippen LogP contribution in [0.15, 0.2) is 42.5 Å². The molecule has 150 valence electrons. The van der Waals surface area contributed by atoms with E-state index in [1.54, 1.807) is 18.2 Å². The molecule has 0 atom stereocenters. The number of carbonyl (C=O) groups is 1. The molecule has 1 heterocycles. The first-order valence-electron chi connectivity index (χ1n) is 8.56. The molecular formula is C19H19F3N2O3S. The van der Waals surface area contributed by atoms with E-state index in [9.17, 15) is 26.4 Å². The topological polar surface area (TPSA) is 66.5 Å². The quantitative estimate of drug-likeness (QED) is 0.839. The number of anilines is 1. The van der Waals surface area contributed by atoms with Crippen molar-refractivity contribution < 1.29 is 26.4 Å². The highest BCUT2D eigenvalue weighted by Crippen LogP contribution is 2.32. The number of fused-ring (bicyclic) bond motifs is 1. The SMILES string of the molecule is CS(=O)(=O)N1CCc2c(cccc2NC(=O)Cc2ccccc2C(F)(F)F)C1. The summed E-state index contributed by atoms with van der Waals surface area (Å²) in [6, 6.07) is 10.1. The van der Waals surface area contributed by atoms with E-state index in [4.69, 9.17) is 0 Å². The standard InChI is InChI=1S/C19H19F3N2O3S/c1-28(26,27)24-10-9-15-14(12-24)6-4-8-17(15)23-18(25)11-13-5-2-3-7-16(13)19(20,21)22/h2-8H,9-12H2,1H3,(H,23,25). The average molecular weight is 412 g/mol. The number of rotatable bonds is 4. The van der Waals surface area contributed by atoms with E-state index in [1.165, 1.54) is 22.5 Å². The molecule has 0 aliphatic carbocycles. The third-order valence-electron chi connectivity index (χ3n) is 4.65. The van der Waals surface area contributed by atoms with Crippen molar-refractivity contribution in [3.63, 3.8) is 0 Å². The Morgan fingerprint density at radius 3 is 2.54 bits per heavy atom. The zero-order chi connectivity index (χ0) is 20.5. The van der Waals surface area contributed by atoms with Gasteiger partial charge in [0.2, 0.25) is 15.9 Å². The molecule has 3 rings (SSSR count). The van der Waals surface area contributed by atoms with Gasteiger partial charge in [-0.2, -0.15) is 17.5 Å². The molecule has 0 saturated heterocycles. The minimum absolute atomic E-state index is 0.0967. The summed E-state index contributed by atoms with van der Waals surface area (Å²) in [5.74, 6) is -0.560. The van der Waals surface area contributed by atoms with Crippen LogP contribution in [0.25, 0.3) is 0 Å². The van der Waals surface area contributed by atoms with Gasteiger partial charge in [-0.15, -0.1) is 0 Å². The molecule has 5 nitrogen and oxygen atoms in total. The van der Waals surface area contributed by atoms with Crippen LogP contribution in [0.2, 0.25) is 0 Å². The van der Waals surface area contributed by atoms with Crippen LogP contribution in [0, 0.1) is 0 Å².